The van der Waals surface area contributed by atoms with Crippen molar-refractivity contribution in [2.45, 2.75) is 106 Å². The van der Waals surface area contributed by atoms with E-state index in [2.05, 4.69) is 67.1 Å². The highest BCUT2D eigenvalue weighted by atomic mass is 32.2. The maximum absolute atomic E-state index is 14.0. The topological polar surface area (TPSA) is 52.6 Å². The quantitative estimate of drug-likeness (QED) is 0.182. The Morgan fingerprint density at radius 1 is 0.927 bits per heavy atom. The molecule has 41 heavy (non-hydrogen) atoms. The van der Waals surface area contributed by atoms with E-state index in [-0.39, 0.29) is 45.6 Å². The molecule has 5 aliphatic rings. The number of carbonyl (C=O) groups is 2. The highest BCUT2D eigenvalue weighted by molar-refractivity contribution is 8.21. The lowest BCUT2D eigenvalue weighted by Crippen LogP contribution is -2.67. The van der Waals surface area contributed by atoms with Gasteiger partial charge < -0.3 is 9.47 Å². The Labute approximate surface area is 258 Å². The maximum Gasteiger partial charge on any atom is 0.312 e. The molecular weight excluding hydrogens is 549 g/mol. The minimum Gasteiger partial charge on any atom is -0.469 e. The van der Waals surface area contributed by atoms with E-state index in [1.54, 1.807) is 30.6 Å². The van der Waals surface area contributed by atoms with Gasteiger partial charge in [-0.25, -0.2) is 0 Å². The lowest BCUT2D eigenvalue weighted by Gasteiger charge is -2.71. The number of carbonyl (C=O) groups excluding carboxylic acids is 2. The van der Waals surface area contributed by atoms with Gasteiger partial charge in [0.1, 0.15) is 0 Å². The number of hydrogen-bond acceptors (Lipinski definition) is 6. The molecule has 0 aromatic rings. The first-order valence-corrected chi connectivity index (χ1v) is 18.2. The zero-order valence-corrected chi connectivity index (χ0v) is 29.1. The number of methoxy groups -OCH3 is 2. The SMILES string of the molecule is COC(=O)[C@]12CCC(C)(C)C[C@H]1[C@H]1C(OC)C=C3[C@@]4(C)CC(=C(SC)SC)C(=O)C(C)(C)[C@@H]4CC[C@@]3(C)[C@]1(C)CC2. The summed E-state index contributed by atoms with van der Waals surface area (Å²) < 4.78 is 13.2. The van der Waals surface area contributed by atoms with Gasteiger partial charge in [-0.1, -0.05) is 60.1 Å². The first kappa shape index (κ1) is 31.7. The second kappa shape index (κ2) is 10.2. The number of esters is 1. The van der Waals surface area contributed by atoms with Crippen molar-refractivity contribution in [1.82, 2.24) is 0 Å². The van der Waals surface area contributed by atoms with Crippen molar-refractivity contribution in [2.24, 2.45) is 50.2 Å². The Hall–Kier alpha value is -0.720. The van der Waals surface area contributed by atoms with Gasteiger partial charge in [-0.15, -0.1) is 23.5 Å². The van der Waals surface area contributed by atoms with Crippen LogP contribution in [-0.2, 0) is 19.1 Å². The average Bonchev–Trinajstić information content (AvgIpc) is 2.91. The Bertz CT molecular complexity index is 1180. The summed E-state index contributed by atoms with van der Waals surface area (Å²) in [6.45, 7) is 16.7. The van der Waals surface area contributed by atoms with Gasteiger partial charge in [0.15, 0.2) is 5.78 Å². The lowest BCUT2D eigenvalue weighted by molar-refractivity contribution is -0.207. The Morgan fingerprint density at radius 2 is 1.56 bits per heavy atom. The molecule has 5 aliphatic carbocycles. The van der Waals surface area contributed by atoms with Gasteiger partial charge in [0.05, 0.1) is 18.6 Å². The van der Waals surface area contributed by atoms with E-state index in [4.69, 9.17) is 9.47 Å². The molecule has 230 valence electrons. The summed E-state index contributed by atoms with van der Waals surface area (Å²) in [6.07, 6.45) is 14.5. The zero-order valence-electron chi connectivity index (χ0n) is 27.5. The number of hydrogen-bond donors (Lipinski definition) is 0. The van der Waals surface area contributed by atoms with E-state index in [9.17, 15) is 9.59 Å². The summed E-state index contributed by atoms with van der Waals surface area (Å²) in [7, 11) is 3.45. The second-order valence-electron chi connectivity index (χ2n) is 16.1. The van der Waals surface area contributed by atoms with Gasteiger partial charge >= 0.3 is 5.97 Å². The van der Waals surface area contributed by atoms with Crippen LogP contribution < -0.4 is 0 Å². The normalized spacial score (nSPS) is 44.5. The van der Waals surface area contributed by atoms with Crippen LogP contribution in [0.2, 0.25) is 0 Å². The molecule has 0 heterocycles. The molecule has 0 aliphatic heterocycles. The fourth-order valence-electron chi connectivity index (χ4n) is 11.3. The number of rotatable bonds is 4. The van der Waals surface area contributed by atoms with E-state index >= 15 is 0 Å². The van der Waals surface area contributed by atoms with Crippen molar-refractivity contribution in [3.8, 4) is 0 Å². The smallest absolute Gasteiger partial charge is 0.312 e. The molecule has 0 spiro atoms. The minimum absolute atomic E-state index is 0.00511. The van der Waals surface area contributed by atoms with Crippen LogP contribution in [0.3, 0.4) is 0 Å². The highest BCUT2D eigenvalue weighted by Gasteiger charge is 2.71. The van der Waals surface area contributed by atoms with Crippen molar-refractivity contribution in [3.05, 3.63) is 21.5 Å². The number of fused-ring (bicyclic) bond motifs is 7. The second-order valence-corrected chi connectivity index (χ2v) is 18.0. The monoisotopic (exact) mass is 602 g/mol. The Morgan fingerprint density at radius 3 is 2.15 bits per heavy atom. The summed E-state index contributed by atoms with van der Waals surface area (Å²) in [5.74, 6) is 1.10. The third-order valence-corrected chi connectivity index (χ3v) is 15.8. The van der Waals surface area contributed by atoms with Crippen molar-refractivity contribution in [2.75, 3.05) is 26.7 Å². The molecule has 4 saturated carbocycles. The van der Waals surface area contributed by atoms with Crippen molar-refractivity contribution < 1.29 is 19.1 Å². The third kappa shape index (κ3) is 4.18. The number of allylic oxidation sites excluding steroid dienone is 2. The molecule has 0 amide bonds. The van der Waals surface area contributed by atoms with Crippen LogP contribution >= 0.6 is 23.5 Å². The van der Waals surface area contributed by atoms with Crippen LogP contribution in [0.25, 0.3) is 0 Å². The third-order valence-electron chi connectivity index (χ3n) is 13.6. The first-order valence-electron chi connectivity index (χ1n) is 15.7. The number of thioether (sulfide) groups is 2. The van der Waals surface area contributed by atoms with Crippen LogP contribution in [-0.4, -0.2) is 44.6 Å². The maximum atomic E-state index is 14.0. The molecule has 8 atom stereocenters. The molecule has 6 heteroatoms. The zero-order chi connectivity index (χ0) is 30.4. The molecule has 0 aromatic carbocycles. The van der Waals surface area contributed by atoms with Gasteiger partial charge in [0, 0.05) is 22.3 Å². The van der Waals surface area contributed by atoms with Crippen LogP contribution in [0.4, 0.5) is 0 Å². The van der Waals surface area contributed by atoms with Crippen molar-refractivity contribution in [3.63, 3.8) is 0 Å². The van der Waals surface area contributed by atoms with E-state index in [0.29, 0.717) is 11.7 Å². The highest BCUT2D eigenvalue weighted by Crippen LogP contribution is 2.76. The minimum atomic E-state index is -0.422. The van der Waals surface area contributed by atoms with Gasteiger partial charge in [0.2, 0.25) is 0 Å². The van der Waals surface area contributed by atoms with E-state index in [0.717, 1.165) is 56.9 Å². The van der Waals surface area contributed by atoms with Gasteiger partial charge in [0.25, 0.3) is 0 Å². The first-order chi connectivity index (χ1) is 19.0. The van der Waals surface area contributed by atoms with Gasteiger partial charge in [-0.3, -0.25) is 9.59 Å². The standard InChI is InChI=1S/C35H54O4S2/c1-30(2)14-16-35(29(37)39-9)17-15-34(7)26(22(35)20-30)23(38-8)18-25-32(5)19-21(28(40-10)41-11)27(36)31(3,4)24(32)12-13-33(25,34)6/h18,22-24,26H,12-17,19-20H2,1-11H3/t22-,23?,24-,26-,32-,33+,34+,35-/m0/s1. The van der Waals surface area contributed by atoms with E-state index < -0.39 is 10.8 Å². The molecule has 0 bridgehead atoms. The molecule has 1 unspecified atom stereocenters. The van der Waals surface area contributed by atoms with E-state index in [1.165, 1.54) is 9.81 Å². The largest absolute Gasteiger partial charge is 0.469 e. The molecule has 0 aromatic heterocycles. The Balaban J connectivity index is 1.71. The van der Waals surface area contributed by atoms with Crippen LogP contribution in [0.5, 0.6) is 0 Å². The van der Waals surface area contributed by atoms with E-state index in [1.807, 2.05) is 7.11 Å². The molecule has 5 rings (SSSR count). The molecule has 4 fully saturated rings. The predicted octanol–water partition coefficient (Wildman–Crippen LogP) is 8.70. The fraction of sp³-hybridized carbons (Fsp3) is 0.829. The predicted molar refractivity (Wildman–Crippen MR) is 172 cm³/mol. The number of ether oxygens (including phenoxy) is 2. The molecule has 4 nitrogen and oxygen atoms in total. The summed E-state index contributed by atoms with van der Waals surface area (Å²) >= 11 is 3.44. The molecule has 0 saturated heterocycles. The summed E-state index contributed by atoms with van der Waals surface area (Å²) in [5.41, 5.74) is 1.74. The molecule has 0 N–H and O–H groups in total. The van der Waals surface area contributed by atoms with Crippen LogP contribution in [0.1, 0.15) is 99.8 Å². The van der Waals surface area contributed by atoms with Gasteiger partial charge in [-0.05, 0) is 103 Å². The van der Waals surface area contributed by atoms with Crippen LogP contribution in [0, 0.1) is 50.2 Å². The number of ketones is 1. The summed E-state index contributed by atoms with van der Waals surface area (Å²) in [6, 6.07) is 0. The summed E-state index contributed by atoms with van der Waals surface area (Å²) in [4.78, 5) is 27.7. The Kier molecular flexibility index (Phi) is 7.85. The van der Waals surface area contributed by atoms with Crippen molar-refractivity contribution >= 4 is 35.3 Å². The molecular formula is C35H54O4S2. The fourth-order valence-corrected chi connectivity index (χ4v) is 12.8. The lowest BCUT2D eigenvalue weighted by atomic mass is 9.33. The molecule has 0 radical (unpaired) electrons. The number of Topliss-reactive ketones (excluding diaryl/α,β-unsaturated/α-hetero) is 1. The average molecular weight is 603 g/mol. The van der Waals surface area contributed by atoms with Gasteiger partial charge in [-0.2, -0.15) is 0 Å². The summed E-state index contributed by atoms with van der Waals surface area (Å²) in [5, 5.41) is 0. The van der Waals surface area contributed by atoms with Crippen LogP contribution in [0.15, 0.2) is 21.5 Å². The van der Waals surface area contributed by atoms with Crippen molar-refractivity contribution in [1.29, 1.82) is 0 Å².